The fourth-order valence-corrected chi connectivity index (χ4v) is 5.08. The zero-order valence-electron chi connectivity index (χ0n) is 18.9. The van der Waals surface area contributed by atoms with Gasteiger partial charge in [0.05, 0.1) is 11.3 Å². The number of halogens is 1. The van der Waals surface area contributed by atoms with Crippen LogP contribution in [0, 0.1) is 5.82 Å². The number of sulfonamides is 1. The van der Waals surface area contributed by atoms with E-state index in [2.05, 4.69) is 21.8 Å². The molecule has 1 aliphatic rings. The second-order valence-electron chi connectivity index (χ2n) is 8.43. The summed E-state index contributed by atoms with van der Waals surface area (Å²) in [4.78, 5) is 17.2. The van der Waals surface area contributed by atoms with E-state index in [1.54, 1.807) is 24.3 Å². The van der Waals surface area contributed by atoms with Crippen molar-refractivity contribution < 1.29 is 17.6 Å². The Morgan fingerprint density at radius 1 is 0.824 bits per heavy atom. The van der Waals surface area contributed by atoms with E-state index >= 15 is 0 Å². The van der Waals surface area contributed by atoms with Gasteiger partial charge in [-0.1, -0.05) is 42.5 Å². The molecule has 0 spiro atoms. The van der Waals surface area contributed by atoms with Crippen LogP contribution in [0.25, 0.3) is 0 Å². The van der Waals surface area contributed by atoms with Crippen LogP contribution in [0.15, 0.2) is 83.8 Å². The van der Waals surface area contributed by atoms with Gasteiger partial charge in [0.1, 0.15) is 5.82 Å². The van der Waals surface area contributed by atoms with Gasteiger partial charge < -0.3 is 4.90 Å². The lowest BCUT2D eigenvalue weighted by molar-refractivity contribution is -0.130. The molecule has 0 bridgehead atoms. The fraction of sp³-hybridized carbons (Fsp3) is 0.269. The molecule has 0 atom stereocenters. The summed E-state index contributed by atoms with van der Waals surface area (Å²) in [5, 5.41) is 0. The highest BCUT2D eigenvalue weighted by Crippen LogP contribution is 2.18. The van der Waals surface area contributed by atoms with Gasteiger partial charge in [0.25, 0.3) is 10.0 Å². The van der Waals surface area contributed by atoms with Gasteiger partial charge in [0.2, 0.25) is 5.91 Å². The number of amides is 1. The van der Waals surface area contributed by atoms with Crippen LogP contribution in [0.4, 0.5) is 10.1 Å². The second kappa shape index (κ2) is 10.8. The molecule has 1 N–H and O–H groups in total. The van der Waals surface area contributed by atoms with Gasteiger partial charge in [0.15, 0.2) is 0 Å². The Morgan fingerprint density at radius 3 is 2.24 bits per heavy atom. The van der Waals surface area contributed by atoms with Crippen molar-refractivity contribution in [3.05, 3.63) is 95.8 Å². The van der Waals surface area contributed by atoms with Crippen LogP contribution >= 0.6 is 0 Å². The molecule has 34 heavy (non-hydrogen) atoms. The molecule has 1 heterocycles. The summed E-state index contributed by atoms with van der Waals surface area (Å²) in [5.74, 6) is -0.428. The van der Waals surface area contributed by atoms with E-state index in [1.165, 1.54) is 17.7 Å². The van der Waals surface area contributed by atoms with E-state index in [-0.39, 0.29) is 17.2 Å². The minimum atomic E-state index is -3.81. The third-order valence-electron chi connectivity index (χ3n) is 5.88. The quantitative estimate of drug-likeness (QED) is 0.556. The Morgan fingerprint density at radius 2 is 1.53 bits per heavy atom. The first kappa shape index (κ1) is 23.9. The number of anilines is 1. The van der Waals surface area contributed by atoms with Crippen LogP contribution in [0.3, 0.4) is 0 Å². The Balaban J connectivity index is 1.30. The molecular formula is C26H28FN3O3S. The normalized spacial score (nSPS) is 15.0. The minimum absolute atomic E-state index is 0.0179. The van der Waals surface area contributed by atoms with Gasteiger partial charge in [0, 0.05) is 38.4 Å². The number of rotatable bonds is 7. The van der Waals surface area contributed by atoms with Crippen molar-refractivity contribution in [3.63, 3.8) is 0 Å². The molecule has 1 amide bonds. The predicted octanol–water partition coefficient (Wildman–Crippen LogP) is 3.90. The number of carbonyl (C=O) groups is 1. The maximum absolute atomic E-state index is 13.1. The van der Waals surface area contributed by atoms with Crippen molar-refractivity contribution in [2.45, 2.75) is 24.3 Å². The summed E-state index contributed by atoms with van der Waals surface area (Å²) in [7, 11) is -3.81. The summed E-state index contributed by atoms with van der Waals surface area (Å²) in [6, 6.07) is 21.7. The number of nitrogens with zero attached hydrogens (tertiary/aromatic N) is 2. The molecule has 0 unspecified atom stereocenters. The summed E-state index contributed by atoms with van der Waals surface area (Å²) >= 11 is 0. The molecule has 178 valence electrons. The van der Waals surface area contributed by atoms with Gasteiger partial charge in [-0.05, 0) is 53.9 Å². The Bertz CT molecular complexity index is 1200. The van der Waals surface area contributed by atoms with Crippen molar-refractivity contribution in [1.29, 1.82) is 0 Å². The zero-order chi connectivity index (χ0) is 24.0. The molecule has 0 radical (unpaired) electrons. The topological polar surface area (TPSA) is 69.7 Å². The van der Waals surface area contributed by atoms with Crippen molar-refractivity contribution in [2.75, 3.05) is 30.9 Å². The second-order valence-corrected chi connectivity index (χ2v) is 10.1. The van der Waals surface area contributed by atoms with Crippen LogP contribution in [0.2, 0.25) is 0 Å². The Labute approximate surface area is 200 Å². The van der Waals surface area contributed by atoms with Gasteiger partial charge in [-0.2, -0.15) is 0 Å². The molecule has 0 aliphatic carbocycles. The lowest BCUT2D eigenvalue weighted by Crippen LogP contribution is -2.36. The first-order chi connectivity index (χ1) is 16.4. The highest BCUT2D eigenvalue weighted by molar-refractivity contribution is 7.92. The van der Waals surface area contributed by atoms with Crippen LogP contribution in [0.1, 0.15) is 17.5 Å². The number of nitrogens with one attached hydrogen (secondary N) is 1. The smallest absolute Gasteiger partial charge is 0.261 e. The largest absolute Gasteiger partial charge is 0.341 e. The maximum Gasteiger partial charge on any atom is 0.261 e. The molecule has 8 heteroatoms. The van der Waals surface area contributed by atoms with Gasteiger partial charge >= 0.3 is 0 Å². The Hall–Kier alpha value is -3.23. The molecule has 1 aliphatic heterocycles. The molecule has 1 fully saturated rings. The third kappa shape index (κ3) is 6.42. The third-order valence-corrected chi connectivity index (χ3v) is 7.27. The average molecular weight is 482 g/mol. The summed E-state index contributed by atoms with van der Waals surface area (Å²) in [5.41, 5.74) is 2.48. The molecule has 0 aromatic heterocycles. The molecule has 0 saturated carbocycles. The van der Waals surface area contributed by atoms with Crippen molar-refractivity contribution in [3.8, 4) is 0 Å². The van der Waals surface area contributed by atoms with Gasteiger partial charge in [-0.15, -0.1) is 0 Å². The van der Waals surface area contributed by atoms with E-state index in [0.717, 1.165) is 50.3 Å². The van der Waals surface area contributed by atoms with E-state index in [9.17, 15) is 17.6 Å². The number of hydrogen-bond acceptors (Lipinski definition) is 4. The molecule has 1 saturated heterocycles. The van der Waals surface area contributed by atoms with Crippen LogP contribution in [-0.2, 0) is 27.8 Å². The molecule has 3 aromatic carbocycles. The highest BCUT2D eigenvalue weighted by atomic mass is 32.2. The van der Waals surface area contributed by atoms with Crippen molar-refractivity contribution in [2.24, 2.45) is 0 Å². The van der Waals surface area contributed by atoms with E-state index in [0.29, 0.717) is 12.2 Å². The summed E-state index contributed by atoms with van der Waals surface area (Å²) < 4.78 is 40.5. The molecule has 4 rings (SSSR count). The first-order valence-corrected chi connectivity index (χ1v) is 12.8. The number of benzene rings is 3. The summed E-state index contributed by atoms with van der Waals surface area (Å²) in [6.45, 7) is 4.12. The van der Waals surface area contributed by atoms with E-state index < -0.39 is 15.8 Å². The van der Waals surface area contributed by atoms with Crippen LogP contribution in [-0.4, -0.2) is 50.3 Å². The first-order valence-electron chi connectivity index (χ1n) is 11.3. The lowest BCUT2D eigenvalue weighted by Gasteiger charge is -2.22. The van der Waals surface area contributed by atoms with Gasteiger partial charge in [-0.25, -0.2) is 12.8 Å². The average Bonchev–Trinajstić information content (AvgIpc) is 3.07. The van der Waals surface area contributed by atoms with Crippen molar-refractivity contribution >= 4 is 21.6 Å². The lowest BCUT2D eigenvalue weighted by atomic mass is 10.1. The number of carbonyl (C=O) groups excluding carboxylic acids is 1. The Kier molecular flexibility index (Phi) is 7.59. The highest BCUT2D eigenvalue weighted by Gasteiger charge is 2.20. The number of hydrogen-bond donors (Lipinski definition) is 1. The SMILES string of the molecule is O=C(Cc1ccc(NS(=O)(=O)c2ccc(F)cc2)cc1)N1CCCN(Cc2ccccc2)CC1. The zero-order valence-corrected chi connectivity index (χ0v) is 19.7. The van der Waals surface area contributed by atoms with E-state index in [1.807, 2.05) is 23.1 Å². The van der Waals surface area contributed by atoms with Gasteiger partial charge in [-0.3, -0.25) is 14.4 Å². The van der Waals surface area contributed by atoms with E-state index in [4.69, 9.17) is 0 Å². The molecule has 6 nitrogen and oxygen atoms in total. The fourth-order valence-electron chi connectivity index (χ4n) is 4.02. The molecular weight excluding hydrogens is 453 g/mol. The van der Waals surface area contributed by atoms with Crippen LogP contribution < -0.4 is 4.72 Å². The maximum atomic E-state index is 13.1. The monoisotopic (exact) mass is 481 g/mol. The van der Waals surface area contributed by atoms with Crippen LogP contribution in [0.5, 0.6) is 0 Å². The minimum Gasteiger partial charge on any atom is -0.341 e. The molecule has 3 aromatic rings. The summed E-state index contributed by atoms with van der Waals surface area (Å²) in [6.07, 6.45) is 1.20. The van der Waals surface area contributed by atoms with Crippen molar-refractivity contribution in [1.82, 2.24) is 9.80 Å². The standard InChI is InChI=1S/C26H28FN3O3S/c27-23-9-13-25(14-10-23)34(32,33)28-24-11-7-21(8-12-24)19-26(31)30-16-4-15-29(17-18-30)20-22-5-2-1-3-6-22/h1-3,5-14,28H,4,15-20H2. The predicted molar refractivity (Wildman–Crippen MR) is 130 cm³/mol.